The quantitative estimate of drug-likeness (QED) is 0.770. The Morgan fingerprint density at radius 1 is 1.29 bits per heavy atom. The number of amides is 1. The normalized spacial score (nSPS) is 16.8. The van der Waals surface area contributed by atoms with Crippen molar-refractivity contribution >= 4 is 11.6 Å². The highest BCUT2D eigenvalue weighted by atomic mass is 16.1. The zero-order valence-electron chi connectivity index (χ0n) is 10.3. The second kappa shape index (κ2) is 5.21. The van der Waals surface area contributed by atoms with Crippen molar-refractivity contribution in [2.45, 2.75) is 45.1 Å². The number of carbonyl (C=O) groups excluding carboxylic acids is 1. The monoisotopic (exact) mass is 232 g/mol. The molecule has 0 radical (unpaired) electrons. The number of nitrogens with one attached hydrogen (secondary N) is 1. The van der Waals surface area contributed by atoms with Gasteiger partial charge < -0.3 is 11.1 Å². The van der Waals surface area contributed by atoms with E-state index >= 15 is 0 Å². The highest BCUT2D eigenvalue weighted by Crippen LogP contribution is 2.18. The maximum absolute atomic E-state index is 12.0. The van der Waals surface area contributed by atoms with Gasteiger partial charge in [-0.1, -0.05) is 25.3 Å². The van der Waals surface area contributed by atoms with Crippen molar-refractivity contribution in [2.75, 3.05) is 5.73 Å². The maximum Gasteiger partial charge on any atom is 0.251 e. The number of nitrogen functional groups attached to an aromatic ring is 1. The van der Waals surface area contributed by atoms with Gasteiger partial charge >= 0.3 is 0 Å². The van der Waals surface area contributed by atoms with E-state index in [0.29, 0.717) is 17.3 Å². The Hall–Kier alpha value is -1.51. The summed E-state index contributed by atoms with van der Waals surface area (Å²) < 4.78 is 0. The molecule has 1 saturated carbocycles. The molecule has 0 atom stereocenters. The third-order valence-electron chi connectivity index (χ3n) is 3.48. The van der Waals surface area contributed by atoms with Crippen LogP contribution in [0.1, 0.15) is 48.0 Å². The van der Waals surface area contributed by atoms with Gasteiger partial charge in [-0.15, -0.1) is 0 Å². The average molecular weight is 232 g/mol. The number of rotatable bonds is 2. The number of nitrogens with two attached hydrogens (primary N) is 1. The smallest absolute Gasteiger partial charge is 0.251 e. The molecule has 92 valence electrons. The van der Waals surface area contributed by atoms with Crippen LogP contribution in [0.5, 0.6) is 0 Å². The summed E-state index contributed by atoms with van der Waals surface area (Å²) in [5.41, 5.74) is 8.17. The van der Waals surface area contributed by atoms with Crippen LogP contribution in [0.3, 0.4) is 0 Å². The third kappa shape index (κ3) is 2.99. The van der Waals surface area contributed by atoms with Crippen LogP contribution in [-0.2, 0) is 0 Å². The molecular formula is C14H20N2O. The van der Waals surface area contributed by atoms with Crippen molar-refractivity contribution < 1.29 is 4.79 Å². The molecule has 0 bridgehead atoms. The first-order chi connectivity index (χ1) is 8.16. The van der Waals surface area contributed by atoms with E-state index in [1.54, 1.807) is 6.07 Å². The van der Waals surface area contributed by atoms with Crippen LogP contribution >= 0.6 is 0 Å². The molecule has 2 rings (SSSR count). The molecule has 0 saturated heterocycles. The maximum atomic E-state index is 12.0. The molecule has 0 unspecified atom stereocenters. The van der Waals surface area contributed by atoms with Crippen LogP contribution in [-0.4, -0.2) is 11.9 Å². The average Bonchev–Trinajstić information content (AvgIpc) is 2.34. The van der Waals surface area contributed by atoms with Crippen molar-refractivity contribution in [2.24, 2.45) is 0 Å². The fraction of sp³-hybridized carbons (Fsp3) is 0.500. The summed E-state index contributed by atoms with van der Waals surface area (Å²) in [6.45, 7) is 1.94. The minimum absolute atomic E-state index is 0.00333. The van der Waals surface area contributed by atoms with Gasteiger partial charge in [-0.2, -0.15) is 0 Å². The lowest BCUT2D eigenvalue weighted by Gasteiger charge is -2.22. The summed E-state index contributed by atoms with van der Waals surface area (Å²) >= 11 is 0. The van der Waals surface area contributed by atoms with Gasteiger partial charge in [0, 0.05) is 17.3 Å². The summed E-state index contributed by atoms with van der Waals surface area (Å²) in [4.78, 5) is 12.0. The SMILES string of the molecule is Cc1ccc(C(=O)NC2CCCCC2)cc1N. The van der Waals surface area contributed by atoms with Crippen molar-refractivity contribution in [3.8, 4) is 0 Å². The van der Waals surface area contributed by atoms with E-state index in [4.69, 9.17) is 5.73 Å². The zero-order valence-corrected chi connectivity index (χ0v) is 10.3. The Labute approximate surface area is 102 Å². The summed E-state index contributed by atoms with van der Waals surface area (Å²) in [5.74, 6) is 0.00333. The van der Waals surface area contributed by atoms with Crippen molar-refractivity contribution in [3.63, 3.8) is 0 Å². The first-order valence-electron chi connectivity index (χ1n) is 6.34. The summed E-state index contributed by atoms with van der Waals surface area (Å²) in [7, 11) is 0. The van der Waals surface area contributed by atoms with E-state index in [1.165, 1.54) is 19.3 Å². The number of carbonyl (C=O) groups is 1. The Kier molecular flexibility index (Phi) is 3.67. The minimum Gasteiger partial charge on any atom is -0.398 e. The summed E-state index contributed by atoms with van der Waals surface area (Å²) in [5, 5.41) is 3.09. The molecule has 0 heterocycles. The van der Waals surface area contributed by atoms with Gasteiger partial charge in [0.05, 0.1) is 0 Å². The molecule has 3 heteroatoms. The zero-order chi connectivity index (χ0) is 12.3. The van der Waals surface area contributed by atoms with Crippen LogP contribution in [0.4, 0.5) is 5.69 Å². The molecule has 1 amide bonds. The van der Waals surface area contributed by atoms with E-state index in [2.05, 4.69) is 5.32 Å². The molecule has 3 N–H and O–H groups in total. The lowest BCUT2D eigenvalue weighted by atomic mass is 9.95. The highest BCUT2D eigenvalue weighted by Gasteiger charge is 2.16. The number of anilines is 1. The topological polar surface area (TPSA) is 55.1 Å². The lowest BCUT2D eigenvalue weighted by Crippen LogP contribution is -2.36. The fourth-order valence-electron chi connectivity index (χ4n) is 2.30. The summed E-state index contributed by atoms with van der Waals surface area (Å²) in [6, 6.07) is 5.83. The number of hydrogen-bond donors (Lipinski definition) is 2. The van der Waals surface area contributed by atoms with E-state index in [0.717, 1.165) is 18.4 Å². The van der Waals surface area contributed by atoms with Crippen LogP contribution in [0, 0.1) is 6.92 Å². The Morgan fingerprint density at radius 3 is 2.65 bits per heavy atom. The van der Waals surface area contributed by atoms with E-state index in [9.17, 15) is 4.79 Å². The molecule has 17 heavy (non-hydrogen) atoms. The van der Waals surface area contributed by atoms with Crippen molar-refractivity contribution in [1.29, 1.82) is 0 Å². The van der Waals surface area contributed by atoms with Crippen molar-refractivity contribution in [1.82, 2.24) is 5.32 Å². The number of hydrogen-bond acceptors (Lipinski definition) is 2. The van der Waals surface area contributed by atoms with Crippen LogP contribution in [0.2, 0.25) is 0 Å². The number of aryl methyl sites for hydroxylation is 1. The summed E-state index contributed by atoms with van der Waals surface area (Å²) in [6.07, 6.45) is 5.95. The van der Waals surface area contributed by atoms with Crippen LogP contribution in [0.15, 0.2) is 18.2 Å². The van der Waals surface area contributed by atoms with E-state index in [1.807, 2.05) is 19.1 Å². The molecule has 1 aliphatic rings. The van der Waals surface area contributed by atoms with Crippen LogP contribution in [0.25, 0.3) is 0 Å². The fourth-order valence-corrected chi connectivity index (χ4v) is 2.30. The van der Waals surface area contributed by atoms with Gasteiger partial charge in [0.2, 0.25) is 0 Å². The predicted molar refractivity (Wildman–Crippen MR) is 69.9 cm³/mol. The van der Waals surface area contributed by atoms with Gasteiger partial charge in [0.25, 0.3) is 5.91 Å². The van der Waals surface area contributed by atoms with Gasteiger partial charge in [-0.05, 0) is 37.5 Å². The lowest BCUT2D eigenvalue weighted by molar-refractivity contribution is 0.0928. The standard InChI is InChI=1S/C14H20N2O/c1-10-7-8-11(9-13(10)15)14(17)16-12-5-3-2-4-6-12/h7-9,12H,2-6,15H2,1H3,(H,16,17). The first kappa shape index (κ1) is 12.0. The Morgan fingerprint density at radius 2 is 2.00 bits per heavy atom. The van der Waals surface area contributed by atoms with E-state index in [-0.39, 0.29) is 5.91 Å². The largest absolute Gasteiger partial charge is 0.398 e. The second-order valence-corrected chi connectivity index (χ2v) is 4.88. The minimum atomic E-state index is 0.00333. The molecule has 3 nitrogen and oxygen atoms in total. The molecular weight excluding hydrogens is 212 g/mol. The Balaban J connectivity index is 2.01. The van der Waals surface area contributed by atoms with Crippen LogP contribution < -0.4 is 11.1 Å². The third-order valence-corrected chi connectivity index (χ3v) is 3.48. The molecule has 1 aliphatic carbocycles. The molecule has 1 fully saturated rings. The molecule has 0 spiro atoms. The Bertz CT molecular complexity index is 409. The first-order valence-corrected chi connectivity index (χ1v) is 6.34. The molecule has 1 aromatic carbocycles. The second-order valence-electron chi connectivity index (χ2n) is 4.88. The van der Waals surface area contributed by atoms with Gasteiger partial charge in [-0.25, -0.2) is 0 Å². The predicted octanol–water partition coefficient (Wildman–Crippen LogP) is 2.64. The molecule has 0 aromatic heterocycles. The molecule has 0 aliphatic heterocycles. The van der Waals surface area contributed by atoms with E-state index < -0.39 is 0 Å². The van der Waals surface area contributed by atoms with Gasteiger partial charge in [-0.3, -0.25) is 4.79 Å². The van der Waals surface area contributed by atoms with Gasteiger partial charge in [0.15, 0.2) is 0 Å². The molecule has 1 aromatic rings. The number of benzene rings is 1. The highest BCUT2D eigenvalue weighted by molar-refractivity contribution is 5.95. The van der Waals surface area contributed by atoms with Crippen molar-refractivity contribution in [3.05, 3.63) is 29.3 Å². The van der Waals surface area contributed by atoms with Gasteiger partial charge in [0.1, 0.15) is 0 Å².